The molecule has 0 bridgehead atoms. The second kappa shape index (κ2) is 6.57. The van der Waals surface area contributed by atoms with E-state index in [0.717, 1.165) is 18.4 Å². The number of hydrogen-bond donors (Lipinski definition) is 1. The minimum absolute atomic E-state index is 0.0900. The maximum absolute atomic E-state index is 13.0. The minimum atomic E-state index is -0.221. The Hall–Kier alpha value is -0.890. The Bertz CT molecular complexity index is 286. The van der Waals surface area contributed by atoms with E-state index >= 15 is 0 Å². The average Bonchev–Trinajstić information content (AvgIpc) is 2.24. The average molecular weight is 210 g/mol. The number of unbranched alkanes of at least 4 members (excludes halogenated alkanes) is 2. The molecule has 1 aromatic carbocycles. The van der Waals surface area contributed by atoms with Crippen molar-refractivity contribution in [3.05, 3.63) is 35.6 Å². The van der Waals surface area contributed by atoms with Crippen molar-refractivity contribution in [2.24, 2.45) is 0 Å². The minimum Gasteiger partial charge on any atom is -0.396 e. The molecule has 0 spiro atoms. The van der Waals surface area contributed by atoms with Gasteiger partial charge in [-0.3, -0.25) is 0 Å². The third kappa shape index (κ3) is 4.00. The quantitative estimate of drug-likeness (QED) is 0.713. The Labute approximate surface area is 90.9 Å². The molecule has 0 heterocycles. The van der Waals surface area contributed by atoms with Crippen LogP contribution < -0.4 is 0 Å². The summed E-state index contributed by atoms with van der Waals surface area (Å²) in [5.74, 6) is -0.131. The van der Waals surface area contributed by atoms with Gasteiger partial charge in [0.25, 0.3) is 0 Å². The van der Waals surface area contributed by atoms with Gasteiger partial charge in [0.05, 0.1) is 0 Å². The highest BCUT2D eigenvalue weighted by molar-refractivity contribution is 5.20. The van der Waals surface area contributed by atoms with Crippen LogP contribution in [0.1, 0.15) is 44.1 Å². The summed E-state index contributed by atoms with van der Waals surface area (Å²) in [5, 5.41) is 9.25. The Kier molecular flexibility index (Phi) is 5.33. The molecule has 84 valence electrons. The number of rotatable bonds is 6. The van der Waals surface area contributed by atoms with Crippen molar-refractivity contribution in [3.8, 4) is 0 Å². The molecular formula is C13H19FO. The number of hydrogen-bond acceptors (Lipinski definition) is 1. The summed E-state index contributed by atoms with van der Waals surface area (Å²) in [4.78, 5) is 0. The van der Waals surface area contributed by atoms with Crippen LogP contribution in [-0.2, 0) is 0 Å². The van der Waals surface area contributed by atoms with E-state index in [1.165, 1.54) is 25.0 Å². The molecule has 1 atom stereocenters. The van der Waals surface area contributed by atoms with Gasteiger partial charge in [0, 0.05) is 12.5 Å². The Morgan fingerprint density at radius 1 is 1.33 bits per heavy atom. The van der Waals surface area contributed by atoms with Crippen LogP contribution in [0.4, 0.5) is 4.39 Å². The van der Waals surface area contributed by atoms with Crippen molar-refractivity contribution in [3.63, 3.8) is 0 Å². The summed E-state index contributed by atoms with van der Waals surface area (Å²) >= 11 is 0. The normalized spacial score (nSPS) is 12.7. The lowest BCUT2D eigenvalue weighted by atomic mass is 9.94. The highest BCUT2D eigenvalue weighted by Crippen LogP contribution is 2.22. The predicted octanol–water partition coefficient (Wildman–Crippen LogP) is 3.48. The fourth-order valence-corrected chi connectivity index (χ4v) is 1.76. The van der Waals surface area contributed by atoms with Gasteiger partial charge in [-0.05, 0) is 24.1 Å². The molecule has 0 saturated carbocycles. The number of aliphatic hydroxyl groups is 1. The fourth-order valence-electron chi connectivity index (χ4n) is 1.76. The van der Waals surface area contributed by atoms with E-state index in [4.69, 9.17) is 0 Å². The first-order chi connectivity index (χ1) is 7.27. The highest BCUT2D eigenvalue weighted by Gasteiger charge is 2.10. The molecule has 0 aliphatic carbocycles. The molecular weight excluding hydrogens is 191 g/mol. The van der Waals surface area contributed by atoms with Gasteiger partial charge < -0.3 is 5.11 Å². The molecule has 0 aliphatic heterocycles. The van der Waals surface area contributed by atoms with Gasteiger partial charge in [0.15, 0.2) is 0 Å². The summed E-state index contributed by atoms with van der Waals surface area (Å²) in [5.41, 5.74) is 0.911. The Morgan fingerprint density at radius 2 is 2.13 bits per heavy atom. The van der Waals surface area contributed by atoms with Gasteiger partial charge in [-0.1, -0.05) is 38.3 Å². The van der Waals surface area contributed by atoms with E-state index in [1.54, 1.807) is 6.07 Å². The highest BCUT2D eigenvalue weighted by atomic mass is 19.1. The monoisotopic (exact) mass is 210 g/mol. The largest absolute Gasteiger partial charge is 0.396 e. The molecule has 0 amide bonds. The van der Waals surface area contributed by atoms with Crippen molar-refractivity contribution in [1.29, 1.82) is 0 Å². The SMILES string of the molecule is CCCCCC(CO)c1cccc(F)c1. The summed E-state index contributed by atoms with van der Waals surface area (Å²) < 4.78 is 13.0. The van der Waals surface area contributed by atoms with Crippen molar-refractivity contribution >= 4 is 0 Å². The lowest BCUT2D eigenvalue weighted by Crippen LogP contribution is -2.04. The summed E-state index contributed by atoms with van der Waals surface area (Å²) in [6.45, 7) is 2.25. The maximum Gasteiger partial charge on any atom is 0.123 e. The van der Waals surface area contributed by atoms with Crippen LogP contribution in [-0.4, -0.2) is 11.7 Å². The van der Waals surface area contributed by atoms with Gasteiger partial charge in [-0.15, -0.1) is 0 Å². The van der Waals surface area contributed by atoms with Crippen LogP contribution >= 0.6 is 0 Å². The van der Waals surface area contributed by atoms with E-state index in [1.807, 2.05) is 6.07 Å². The number of aliphatic hydroxyl groups excluding tert-OH is 1. The van der Waals surface area contributed by atoms with Crippen LogP contribution in [0.2, 0.25) is 0 Å². The first-order valence-electron chi connectivity index (χ1n) is 5.64. The van der Waals surface area contributed by atoms with Crippen LogP contribution in [0, 0.1) is 5.82 Å². The van der Waals surface area contributed by atoms with Gasteiger partial charge in [0.2, 0.25) is 0 Å². The second-order valence-electron chi connectivity index (χ2n) is 3.93. The Morgan fingerprint density at radius 3 is 2.73 bits per heavy atom. The number of halogens is 1. The molecule has 0 aliphatic rings. The molecule has 15 heavy (non-hydrogen) atoms. The third-order valence-corrected chi connectivity index (χ3v) is 2.70. The van der Waals surface area contributed by atoms with Gasteiger partial charge >= 0.3 is 0 Å². The van der Waals surface area contributed by atoms with Gasteiger partial charge in [0.1, 0.15) is 5.82 Å². The van der Waals surface area contributed by atoms with E-state index < -0.39 is 0 Å². The zero-order valence-electron chi connectivity index (χ0n) is 9.25. The number of benzene rings is 1. The Balaban J connectivity index is 2.57. The molecule has 0 saturated heterocycles. The summed E-state index contributed by atoms with van der Waals surface area (Å²) in [6.07, 6.45) is 4.37. The lowest BCUT2D eigenvalue weighted by Gasteiger charge is -2.14. The molecule has 1 N–H and O–H groups in total. The first-order valence-corrected chi connectivity index (χ1v) is 5.64. The van der Waals surface area contributed by atoms with Crippen molar-refractivity contribution in [1.82, 2.24) is 0 Å². The molecule has 0 fully saturated rings. The van der Waals surface area contributed by atoms with Crippen molar-refractivity contribution in [2.45, 2.75) is 38.5 Å². The van der Waals surface area contributed by atoms with E-state index in [-0.39, 0.29) is 18.3 Å². The van der Waals surface area contributed by atoms with Crippen LogP contribution in [0.25, 0.3) is 0 Å². The molecule has 1 unspecified atom stereocenters. The first kappa shape index (κ1) is 12.2. The van der Waals surface area contributed by atoms with E-state index in [9.17, 15) is 9.50 Å². The van der Waals surface area contributed by atoms with E-state index in [2.05, 4.69) is 6.92 Å². The summed E-state index contributed by atoms with van der Waals surface area (Å²) in [6, 6.07) is 6.54. The molecule has 1 aromatic rings. The molecule has 0 aromatic heterocycles. The van der Waals surface area contributed by atoms with Crippen LogP contribution in [0.3, 0.4) is 0 Å². The smallest absolute Gasteiger partial charge is 0.123 e. The van der Waals surface area contributed by atoms with Crippen molar-refractivity contribution in [2.75, 3.05) is 6.61 Å². The lowest BCUT2D eigenvalue weighted by molar-refractivity contribution is 0.256. The fraction of sp³-hybridized carbons (Fsp3) is 0.538. The predicted molar refractivity (Wildman–Crippen MR) is 60.4 cm³/mol. The third-order valence-electron chi connectivity index (χ3n) is 2.70. The van der Waals surface area contributed by atoms with Crippen LogP contribution in [0.5, 0.6) is 0 Å². The topological polar surface area (TPSA) is 20.2 Å². The van der Waals surface area contributed by atoms with Crippen molar-refractivity contribution < 1.29 is 9.50 Å². The molecule has 1 nitrogen and oxygen atoms in total. The molecule has 0 radical (unpaired) electrons. The summed E-state index contributed by atoms with van der Waals surface area (Å²) in [7, 11) is 0. The second-order valence-corrected chi connectivity index (χ2v) is 3.93. The molecule has 2 heteroatoms. The standard InChI is InChI=1S/C13H19FO/c1-2-3-4-6-12(10-15)11-7-5-8-13(14)9-11/h5,7-9,12,15H,2-4,6,10H2,1H3. The van der Waals surface area contributed by atoms with Gasteiger partial charge in [-0.2, -0.15) is 0 Å². The van der Waals surface area contributed by atoms with Gasteiger partial charge in [-0.25, -0.2) is 4.39 Å². The van der Waals surface area contributed by atoms with E-state index in [0.29, 0.717) is 0 Å². The zero-order chi connectivity index (χ0) is 11.1. The molecule has 1 rings (SSSR count). The van der Waals surface area contributed by atoms with Crippen LogP contribution in [0.15, 0.2) is 24.3 Å². The zero-order valence-corrected chi connectivity index (χ0v) is 9.25. The maximum atomic E-state index is 13.0.